The lowest BCUT2D eigenvalue weighted by molar-refractivity contribution is 0.603. The van der Waals surface area contributed by atoms with Crippen LogP contribution >= 0.6 is 27.3 Å². The second kappa shape index (κ2) is 5.06. The van der Waals surface area contributed by atoms with E-state index in [2.05, 4.69) is 25.6 Å². The van der Waals surface area contributed by atoms with Gasteiger partial charge in [-0.1, -0.05) is 15.9 Å². The molecule has 0 fully saturated rings. The van der Waals surface area contributed by atoms with Crippen molar-refractivity contribution in [3.63, 3.8) is 0 Å². The molecule has 0 radical (unpaired) electrons. The molecule has 1 N–H and O–H groups in total. The maximum Gasteiger partial charge on any atom is 0.272 e. The molecule has 8 heteroatoms. The number of hydrogen-bond acceptors (Lipinski definition) is 5. The van der Waals surface area contributed by atoms with E-state index in [1.54, 1.807) is 12.1 Å². The summed E-state index contributed by atoms with van der Waals surface area (Å²) in [6, 6.07) is 8.00. The molecular weight excluding hydrogens is 338 g/mol. The number of sulfonamides is 1. The Labute approximate surface area is 116 Å². The predicted molar refractivity (Wildman–Crippen MR) is 71.8 cm³/mol. The van der Waals surface area contributed by atoms with Crippen LogP contribution in [0.1, 0.15) is 4.88 Å². The molecule has 2 rings (SSSR count). The molecule has 0 unspecified atom stereocenters. The molecule has 0 aromatic carbocycles. The first-order chi connectivity index (χ1) is 8.51. The molecular formula is C10H6BrN3O2S2. The van der Waals surface area contributed by atoms with Crippen molar-refractivity contribution < 1.29 is 8.42 Å². The second-order valence-electron chi connectivity index (χ2n) is 3.20. The summed E-state index contributed by atoms with van der Waals surface area (Å²) in [6.07, 6.45) is 1.48. The average Bonchev–Trinajstić information content (AvgIpc) is 2.77. The Morgan fingerprint density at radius 2 is 2.17 bits per heavy atom. The van der Waals surface area contributed by atoms with Crippen molar-refractivity contribution in [1.29, 1.82) is 5.26 Å². The fourth-order valence-electron chi connectivity index (χ4n) is 1.17. The van der Waals surface area contributed by atoms with Crippen molar-refractivity contribution in [2.45, 2.75) is 4.21 Å². The Hall–Kier alpha value is -1.43. The Balaban J connectivity index is 2.30. The van der Waals surface area contributed by atoms with Gasteiger partial charge in [-0.05, 0) is 24.3 Å². The summed E-state index contributed by atoms with van der Waals surface area (Å²) in [5.74, 6) is 0.219. The molecule has 0 saturated carbocycles. The van der Waals surface area contributed by atoms with Gasteiger partial charge in [0, 0.05) is 10.7 Å². The van der Waals surface area contributed by atoms with Crippen LogP contribution in [0.5, 0.6) is 0 Å². The summed E-state index contributed by atoms with van der Waals surface area (Å²) < 4.78 is 27.1. The van der Waals surface area contributed by atoms with E-state index in [0.717, 1.165) is 15.8 Å². The minimum atomic E-state index is -3.69. The quantitative estimate of drug-likeness (QED) is 0.928. The highest BCUT2D eigenvalue weighted by molar-refractivity contribution is 9.10. The number of rotatable bonds is 3. The third kappa shape index (κ3) is 2.87. The molecule has 0 amide bonds. The van der Waals surface area contributed by atoms with Crippen molar-refractivity contribution in [2.24, 2.45) is 0 Å². The lowest BCUT2D eigenvalue weighted by Gasteiger charge is -2.04. The van der Waals surface area contributed by atoms with Crippen molar-refractivity contribution in [3.05, 3.63) is 39.8 Å². The third-order valence-electron chi connectivity index (χ3n) is 1.92. The lowest BCUT2D eigenvalue weighted by Crippen LogP contribution is -2.12. The van der Waals surface area contributed by atoms with Gasteiger partial charge in [-0.15, -0.1) is 11.3 Å². The van der Waals surface area contributed by atoms with Crippen LogP contribution in [-0.2, 0) is 10.0 Å². The lowest BCUT2D eigenvalue weighted by atomic mass is 10.5. The first-order valence-corrected chi connectivity index (χ1v) is 7.75. The normalized spacial score (nSPS) is 10.9. The Morgan fingerprint density at radius 1 is 1.39 bits per heavy atom. The summed E-state index contributed by atoms with van der Waals surface area (Å²) in [4.78, 5) is 4.24. The summed E-state index contributed by atoms with van der Waals surface area (Å²) in [6.45, 7) is 0. The van der Waals surface area contributed by atoms with Gasteiger partial charge in [0.05, 0.1) is 0 Å². The summed E-state index contributed by atoms with van der Waals surface area (Å²) in [5.41, 5.74) is 0. The van der Waals surface area contributed by atoms with Gasteiger partial charge in [0.15, 0.2) is 0 Å². The highest BCUT2D eigenvalue weighted by Crippen LogP contribution is 2.23. The van der Waals surface area contributed by atoms with Gasteiger partial charge in [-0.25, -0.2) is 13.4 Å². The molecule has 5 nitrogen and oxygen atoms in total. The zero-order chi connectivity index (χ0) is 13.2. The van der Waals surface area contributed by atoms with Gasteiger partial charge in [0.1, 0.15) is 21.0 Å². The number of nitriles is 1. The van der Waals surface area contributed by atoms with E-state index in [-0.39, 0.29) is 10.0 Å². The number of hydrogen-bond donors (Lipinski definition) is 1. The minimum Gasteiger partial charge on any atom is -0.263 e. The van der Waals surface area contributed by atoms with E-state index >= 15 is 0 Å². The number of anilines is 1. The molecule has 0 spiro atoms. The van der Waals surface area contributed by atoms with Crippen molar-refractivity contribution in [1.82, 2.24) is 4.98 Å². The van der Waals surface area contributed by atoms with Crippen LogP contribution < -0.4 is 4.72 Å². The van der Waals surface area contributed by atoms with Crippen LogP contribution in [0.2, 0.25) is 0 Å². The van der Waals surface area contributed by atoms with Crippen LogP contribution in [0.15, 0.2) is 39.1 Å². The smallest absolute Gasteiger partial charge is 0.263 e. The maximum atomic E-state index is 12.0. The molecule has 2 aromatic heterocycles. The molecule has 0 bridgehead atoms. The van der Waals surface area contributed by atoms with E-state index in [0.29, 0.717) is 4.88 Å². The Kier molecular flexibility index (Phi) is 3.65. The van der Waals surface area contributed by atoms with Gasteiger partial charge in [-0.2, -0.15) is 5.26 Å². The molecule has 0 atom stereocenters. The molecule has 2 aromatic rings. The highest BCUT2D eigenvalue weighted by atomic mass is 79.9. The predicted octanol–water partition coefficient (Wildman–Crippen LogP) is 2.58. The monoisotopic (exact) mass is 343 g/mol. The molecule has 0 aliphatic rings. The van der Waals surface area contributed by atoms with Crippen LogP contribution in [0.25, 0.3) is 0 Å². The van der Waals surface area contributed by atoms with E-state index in [9.17, 15) is 8.42 Å². The van der Waals surface area contributed by atoms with Crippen molar-refractivity contribution >= 4 is 43.1 Å². The topological polar surface area (TPSA) is 82.8 Å². The van der Waals surface area contributed by atoms with Crippen LogP contribution in [0, 0.1) is 11.3 Å². The second-order valence-corrected chi connectivity index (χ2v) is 7.10. The minimum absolute atomic E-state index is 0.0841. The number of halogens is 1. The third-order valence-corrected chi connectivity index (χ3v) is 5.25. The van der Waals surface area contributed by atoms with Gasteiger partial charge in [-0.3, -0.25) is 4.72 Å². The number of nitrogens with one attached hydrogen (secondary N) is 1. The zero-order valence-corrected chi connectivity index (χ0v) is 12.0. The molecule has 2 heterocycles. The van der Waals surface area contributed by atoms with Gasteiger partial charge in [0.2, 0.25) is 0 Å². The maximum absolute atomic E-state index is 12.0. The van der Waals surface area contributed by atoms with Crippen LogP contribution in [-0.4, -0.2) is 13.4 Å². The fourth-order valence-corrected chi connectivity index (χ4v) is 3.61. The standard InChI is InChI=1S/C10H6BrN3O2S2/c11-7-3-4-13-9(5-7)14-18(15,16)10-2-1-8(6-12)17-10/h1-5H,(H,13,14). The first kappa shape index (κ1) is 13.0. The zero-order valence-electron chi connectivity index (χ0n) is 8.79. The number of nitrogens with zero attached hydrogens (tertiary/aromatic N) is 2. The number of aromatic nitrogens is 1. The molecule has 0 aliphatic carbocycles. The Morgan fingerprint density at radius 3 is 2.78 bits per heavy atom. The summed E-state index contributed by atoms with van der Waals surface area (Å²) in [5, 5.41) is 8.67. The summed E-state index contributed by atoms with van der Waals surface area (Å²) >= 11 is 4.14. The Bertz CT molecular complexity index is 719. The molecule has 18 heavy (non-hydrogen) atoms. The van der Waals surface area contributed by atoms with E-state index in [1.807, 2.05) is 6.07 Å². The number of pyridine rings is 1. The molecule has 0 aliphatic heterocycles. The molecule has 0 saturated heterocycles. The van der Waals surface area contributed by atoms with Gasteiger partial charge < -0.3 is 0 Å². The summed E-state index contributed by atoms with van der Waals surface area (Å²) in [7, 11) is -3.69. The van der Waals surface area contributed by atoms with Crippen molar-refractivity contribution in [3.8, 4) is 6.07 Å². The number of thiophene rings is 1. The highest BCUT2D eigenvalue weighted by Gasteiger charge is 2.17. The van der Waals surface area contributed by atoms with Gasteiger partial charge >= 0.3 is 0 Å². The molecule has 92 valence electrons. The van der Waals surface area contributed by atoms with Crippen LogP contribution in [0.4, 0.5) is 5.82 Å². The van der Waals surface area contributed by atoms with E-state index in [4.69, 9.17) is 5.26 Å². The average molecular weight is 344 g/mol. The van der Waals surface area contributed by atoms with Gasteiger partial charge in [0.25, 0.3) is 10.0 Å². The van der Waals surface area contributed by atoms with Crippen LogP contribution in [0.3, 0.4) is 0 Å². The largest absolute Gasteiger partial charge is 0.272 e. The first-order valence-electron chi connectivity index (χ1n) is 4.65. The van der Waals surface area contributed by atoms with E-state index < -0.39 is 10.0 Å². The SMILES string of the molecule is N#Cc1ccc(S(=O)(=O)Nc2cc(Br)ccn2)s1. The van der Waals surface area contributed by atoms with E-state index in [1.165, 1.54) is 18.3 Å². The fraction of sp³-hybridized carbons (Fsp3) is 0. The van der Waals surface area contributed by atoms with Crippen molar-refractivity contribution in [2.75, 3.05) is 4.72 Å².